The van der Waals surface area contributed by atoms with Crippen LogP contribution in [0.4, 0.5) is 10.5 Å². The Kier molecular flexibility index (Phi) is 2.80. The Labute approximate surface area is 115 Å². The van der Waals surface area contributed by atoms with E-state index in [0.717, 1.165) is 5.56 Å². The van der Waals surface area contributed by atoms with Gasteiger partial charge in [0.15, 0.2) is 0 Å². The van der Waals surface area contributed by atoms with Crippen LogP contribution in [0.25, 0.3) is 0 Å². The van der Waals surface area contributed by atoms with Crippen LogP contribution in [0.5, 0.6) is 5.75 Å². The van der Waals surface area contributed by atoms with Gasteiger partial charge in [-0.1, -0.05) is 41.9 Å². The van der Waals surface area contributed by atoms with Crippen LogP contribution in [0.3, 0.4) is 0 Å². The van der Waals surface area contributed by atoms with Gasteiger partial charge in [-0.3, -0.25) is 0 Å². The van der Waals surface area contributed by atoms with Crippen molar-refractivity contribution in [1.29, 1.82) is 0 Å². The molecule has 5 heteroatoms. The van der Waals surface area contributed by atoms with Crippen molar-refractivity contribution >= 4 is 23.3 Å². The molecule has 0 unspecified atom stereocenters. The van der Waals surface area contributed by atoms with Crippen LogP contribution in [0.15, 0.2) is 42.5 Å². The lowest BCUT2D eigenvalue weighted by molar-refractivity contribution is 0.248. The minimum absolute atomic E-state index is 0.0979. The lowest BCUT2D eigenvalue weighted by atomic mass is 9.95. The minimum Gasteiger partial charge on any atom is -0.507 e. The lowest BCUT2D eigenvalue weighted by Crippen LogP contribution is -2.38. The predicted molar refractivity (Wildman–Crippen MR) is 73.6 cm³/mol. The molecule has 0 fully saturated rings. The van der Waals surface area contributed by atoms with Gasteiger partial charge in [0, 0.05) is 5.56 Å². The topological polar surface area (TPSA) is 61.4 Å². The first-order chi connectivity index (χ1) is 9.16. The number of amides is 2. The third-order valence-electron chi connectivity index (χ3n) is 3.11. The summed E-state index contributed by atoms with van der Waals surface area (Å²) in [6, 6.07) is 11.8. The van der Waals surface area contributed by atoms with E-state index in [2.05, 4.69) is 10.6 Å². The molecule has 2 aromatic rings. The second kappa shape index (κ2) is 4.48. The van der Waals surface area contributed by atoms with Gasteiger partial charge < -0.3 is 15.7 Å². The molecule has 0 saturated heterocycles. The Hall–Kier alpha value is -2.20. The summed E-state index contributed by atoms with van der Waals surface area (Å²) in [6.45, 7) is 0. The first-order valence-corrected chi connectivity index (χ1v) is 6.18. The summed E-state index contributed by atoms with van der Waals surface area (Å²) in [6.07, 6.45) is 0. The zero-order valence-electron chi connectivity index (χ0n) is 9.85. The van der Waals surface area contributed by atoms with Crippen LogP contribution >= 0.6 is 11.6 Å². The summed E-state index contributed by atoms with van der Waals surface area (Å²) >= 11 is 6.08. The van der Waals surface area contributed by atoms with Crippen molar-refractivity contribution in [3.63, 3.8) is 0 Å². The number of nitrogens with one attached hydrogen (secondary N) is 2. The van der Waals surface area contributed by atoms with Crippen LogP contribution in [-0.2, 0) is 0 Å². The third-order valence-corrected chi connectivity index (χ3v) is 3.42. The Morgan fingerprint density at radius 2 is 1.84 bits per heavy atom. The van der Waals surface area contributed by atoms with Crippen LogP contribution in [0, 0.1) is 0 Å². The van der Waals surface area contributed by atoms with Crippen molar-refractivity contribution in [3.8, 4) is 5.75 Å². The van der Waals surface area contributed by atoms with Gasteiger partial charge in [0.05, 0.1) is 16.8 Å². The van der Waals surface area contributed by atoms with Crippen molar-refractivity contribution in [2.45, 2.75) is 6.04 Å². The largest absolute Gasteiger partial charge is 0.507 e. The number of phenolic OH excluding ortho intramolecular Hbond substituents is 1. The normalized spacial score (nSPS) is 17.3. The SMILES string of the molecule is O=C1Nc2c(Cl)ccc(O)c2[C@H](c2ccccc2)N1. The molecule has 19 heavy (non-hydrogen) atoms. The maximum Gasteiger partial charge on any atom is 0.320 e. The highest BCUT2D eigenvalue weighted by molar-refractivity contribution is 6.34. The standard InChI is InChI=1S/C14H11ClN2O2/c15-9-6-7-10(18)11-12(8-4-2-1-3-5-8)16-14(19)17-13(9)11/h1-7,12,18H,(H2,16,17,19)/t12-/m0/s1. The molecule has 0 bridgehead atoms. The molecule has 4 nitrogen and oxygen atoms in total. The number of rotatable bonds is 1. The number of fused-ring (bicyclic) bond motifs is 1. The Bertz CT molecular complexity index is 643. The number of hydrogen-bond acceptors (Lipinski definition) is 2. The van der Waals surface area contributed by atoms with Gasteiger partial charge in [-0.2, -0.15) is 0 Å². The van der Waals surface area contributed by atoms with Crippen LogP contribution in [0.1, 0.15) is 17.2 Å². The minimum atomic E-state index is -0.413. The van der Waals surface area contributed by atoms with Gasteiger partial charge >= 0.3 is 6.03 Å². The summed E-state index contributed by atoms with van der Waals surface area (Å²) in [7, 11) is 0. The third kappa shape index (κ3) is 2.00. The zero-order valence-corrected chi connectivity index (χ0v) is 10.6. The smallest absolute Gasteiger partial charge is 0.320 e. The second-order valence-corrected chi connectivity index (χ2v) is 4.70. The van der Waals surface area contributed by atoms with Crippen molar-refractivity contribution in [2.24, 2.45) is 0 Å². The first-order valence-electron chi connectivity index (χ1n) is 5.80. The summed E-state index contributed by atoms with van der Waals surface area (Å²) in [5.74, 6) is 0.0979. The number of carbonyl (C=O) groups is 1. The van der Waals surface area contributed by atoms with Crippen molar-refractivity contribution in [1.82, 2.24) is 5.32 Å². The number of anilines is 1. The van der Waals surface area contributed by atoms with Crippen molar-refractivity contribution in [3.05, 3.63) is 58.6 Å². The molecule has 1 heterocycles. The number of urea groups is 1. The van der Waals surface area contributed by atoms with E-state index in [9.17, 15) is 9.90 Å². The molecule has 2 aromatic carbocycles. The van der Waals surface area contributed by atoms with E-state index < -0.39 is 6.04 Å². The highest BCUT2D eigenvalue weighted by Gasteiger charge is 2.29. The molecular formula is C14H11ClN2O2. The van der Waals surface area contributed by atoms with E-state index in [1.165, 1.54) is 6.07 Å². The van der Waals surface area contributed by atoms with Crippen molar-refractivity contribution < 1.29 is 9.90 Å². The maximum absolute atomic E-state index is 11.7. The fourth-order valence-corrected chi connectivity index (χ4v) is 2.46. The predicted octanol–water partition coefficient (Wildman–Crippen LogP) is 3.27. The van der Waals surface area contributed by atoms with Gasteiger partial charge in [-0.25, -0.2) is 4.79 Å². The Morgan fingerprint density at radius 3 is 2.58 bits per heavy atom. The average Bonchev–Trinajstić information content (AvgIpc) is 2.43. The molecule has 3 N–H and O–H groups in total. The first kappa shape index (κ1) is 11.9. The van der Waals surface area contributed by atoms with Crippen LogP contribution in [0.2, 0.25) is 5.02 Å². The fraction of sp³-hybridized carbons (Fsp3) is 0.0714. The molecule has 0 aromatic heterocycles. The van der Waals surface area contributed by atoms with E-state index >= 15 is 0 Å². The number of benzene rings is 2. The Morgan fingerprint density at radius 1 is 1.11 bits per heavy atom. The molecule has 1 atom stereocenters. The lowest BCUT2D eigenvalue weighted by Gasteiger charge is -2.28. The number of halogens is 1. The van der Waals surface area contributed by atoms with E-state index in [0.29, 0.717) is 16.3 Å². The number of phenols is 1. The summed E-state index contributed by atoms with van der Waals surface area (Å²) in [5.41, 5.74) is 1.92. The highest BCUT2D eigenvalue weighted by atomic mass is 35.5. The van der Waals surface area contributed by atoms with E-state index in [4.69, 9.17) is 11.6 Å². The van der Waals surface area contributed by atoms with E-state index in [-0.39, 0.29) is 11.8 Å². The molecular weight excluding hydrogens is 264 g/mol. The molecule has 0 aliphatic carbocycles. The van der Waals surface area contributed by atoms with Gasteiger partial charge in [-0.15, -0.1) is 0 Å². The van der Waals surface area contributed by atoms with Crippen LogP contribution < -0.4 is 10.6 Å². The molecule has 1 aliphatic heterocycles. The quantitative estimate of drug-likeness (QED) is 0.747. The molecule has 0 radical (unpaired) electrons. The fourth-order valence-electron chi connectivity index (χ4n) is 2.25. The number of carbonyl (C=O) groups excluding carboxylic acids is 1. The van der Waals surface area contributed by atoms with Gasteiger partial charge in [-0.05, 0) is 17.7 Å². The molecule has 0 spiro atoms. The monoisotopic (exact) mass is 274 g/mol. The van der Waals surface area contributed by atoms with Gasteiger partial charge in [0.1, 0.15) is 5.75 Å². The molecule has 2 amide bonds. The molecule has 1 aliphatic rings. The number of hydrogen-bond donors (Lipinski definition) is 3. The zero-order chi connectivity index (χ0) is 13.4. The summed E-state index contributed by atoms with van der Waals surface area (Å²) in [5, 5.41) is 15.9. The average molecular weight is 275 g/mol. The summed E-state index contributed by atoms with van der Waals surface area (Å²) < 4.78 is 0. The summed E-state index contributed by atoms with van der Waals surface area (Å²) in [4.78, 5) is 11.7. The van der Waals surface area contributed by atoms with Crippen LogP contribution in [-0.4, -0.2) is 11.1 Å². The second-order valence-electron chi connectivity index (χ2n) is 4.30. The maximum atomic E-state index is 11.7. The molecule has 3 rings (SSSR count). The highest BCUT2D eigenvalue weighted by Crippen LogP contribution is 2.41. The Balaban J connectivity index is 2.20. The van der Waals surface area contributed by atoms with Gasteiger partial charge in [0.2, 0.25) is 0 Å². The molecule has 0 saturated carbocycles. The van der Waals surface area contributed by atoms with E-state index in [1.807, 2.05) is 30.3 Å². The number of aromatic hydroxyl groups is 1. The molecule has 96 valence electrons. The van der Waals surface area contributed by atoms with Gasteiger partial charge in [0.25, 0.3) is 0 Å². The van der Waals surface area contributed by atoms with Crippen molar-refractivity contribution in [2.75, 3.05) is 5.32 Å². The van der Waals surface area contributed by atoms with E-state index in [1.54, 1.807) is 6.07 Å².